The molecule has 0 aromatic heterocycles. The van der Waals surface area contributed by atoms with E-state index < -0.39 is 24.3 Å². The van der Waals surface area contributed by atoms with Gasteiger partial charge in [0, 0.05) is 18.5 Å². The Bertz CT molecular complexity index is 656. The molecule has 0 saturated heterocycles. The van der Waals surface area contributed by atoms with Gasteiger partial charge in [0.1, 0.15) is 6.42 Å². The number of nitrogens with one attached hydrogen (secondary N) is 1. The van der Waals surface area contributed by atoms with E-state index in [4.69, 9.17) is 9.94 Å². The molecule has 0 saturated carbocycles. The maximum atomic E-state index is 12.6. The number of benzene rings is 1. The van der Waals surface area contributed by atoms with Gasteiger partial charge in [-0.05, 0) is 37.5 Å². The van der Waals surface area contributed by atoms with Crippen molar-refractivity contribution in [2.45, 2.75) is 40.0 Å². The molecule has 1 atom stereocenters. The summed E-state index contributed by atoms with van der Waals surface area (Å²) < 4.78 is 0. The van der Waals surface area contributed by atoms with Crippen molar-refractivity contribution in [2.24, 2.45) is 5.92 Å². The Morgan fingerprint density at radius 3 is 2.23 bits per heavy atom. The highest BCUT2D eigenvalue weighted by Crippen LogP contribution is 2.18. The van der Waals surface area contributed by atoms with Crippen LogP contribution >= 0.6 is 0 Å². The molecule has 2 amide bonds. The molecule has 0 heterocycles. The molecule has 0 fully saturated rings. The lowest BCUT2D eigenvalue weighted by Gasteiger charge is -2.24. The summed E-state index contributed by atoms with van der Waals surface area (Å²) in [5.41, 5.74) is 1.56. The van der Waals surface area contributed by atoms with E-state index in [1.165, 1.54) is 6.92 Å². The van der Waals surface area contributed by atoms with Crippen LogP contribution in [0.25, 0.3) is 0 Å². The van der Waals surface area contributed by atoms with Crippen molar-refractivity contribution in [1.82, 2.24) is 5.06 Å². The van der Waals surface area contributed by atoms with Gasteiger partial charge < -0.3 is 15.3 Å². The van der Waals surface area contributed by atoms with Crippen LogP contribution in [0.1, 0.15) is 39.2 Å². The van der Waals surface area contributed by atoms with E-state index in [1.54, 1.807) is 19.1 Å². The second-order valence-electron chi connectivity index (χ2n) is 5.75. The summed E-state index contributed by atoms with van der Waals surface area (Å²) in [6.07, 6.45) is 0.160. The maximum Gasteiger partial charge on any atom is 0.343 e. The molecule has 0 aliphatic carbocycles. The first kappa shape index (κ1) is 21.1. The molecule has 2 N–H and O–H groups in total. The van der Waals surface area contributed by atoms with Crippen LogP contribution in [0.15, 0.2) is 24.3 Å². The Hall–Kier alpha value is -2.90. The smallest absolute Gasteiger partial charge is 0.343 e. The van der Waals surface area contributed by atoms with Crippen LogP contribution in [-0.4, -0.2) is 40.5 Å². The van der Waals surface area contributed by atoms with Gasteiger partial charge in [-0.15, -0.1) is 0 Å². The largest absolute Gasteiger partial charge is 0.481 e. The van der Waals surface area contributed by atoms with Crippen molar-refractivity contribution in [1.29, 1.82) is 0 Å². The first-order valence-electron chi connectivity index (χ1n) is 8.37. The maximum absolute atomic E-state index is 12.6. The average Bonchev–Trinajstić information content (AvgIpc) is 2.57. The molecular formula is C18H24N2O6. The summed E-state index contributed by atoms with van der Waals surface area (Å²) in [6, 6.07) is 7.12. The third-order valence-corrected chi connectivity index (χ3v) is 3.64. The molecule has 0 aliphatic rings. The van der Waals surface area contributed by atoms with E-state index in [9.17, 15) is 19.2 Å². The zero-order chi connectivity index (χ0) is 19.7. The highest BCUT2D eigenvalue weighted by Gasteiger charge is 2.26. The van der Waals surface area contributed by atoms with Crippen LogP contribution in [0.4, 0.5) is 5.69 Å². The Morgan fingerprint density at radius 1 is 1.15 bits per heavy atom. The van der Waals surface area contributed by atoms with Gasteiger partial charge in [-0.3, -0.25) is 14.4 Å². The fraction of sp³-hybridized carbons (Fsp3) is 0.444. The summed E-state index contributed by atoms with van der Waals surface area (Å²) in [5.74, 6) is -3.26. The van der Waals surface area contributed by atoms with Crippen molar-refractivity contribution in [3.05, 3.63) is 29.8 Å². The Kier molecular flexibility index (Phi) is 8.27. The van der Waals surface area contributed by atoms with E-state index in [2.05, 4.69) is 5.32 Å². The predicted molar refractivity (Wildman–Crippen MR) is 94.0 cm³/mol. The van der Waals surface area contributed by atoms with Gasteiger partial charge in [0.2, 0.25) is 5.91 Å². The van der Waals surface area contributed by atoms with Gasteiger partial charge in [-0.25, -0.2) is 4.79 Å². The van der Waals surface area contributed by atoms with E-state index in [-0.39, 0.29) is 18.4 Å². The lowest BCUT2D eigenvalue weighted by Crippen LogP contribution is -2.38. The fourth-order valence-electron chi connectivity index (χ4n) is 2.37. The van der Waals surface area contributed by atoms with E-state index >= 15 is 0 Å². The monoisotopic (exact) mass is 364 g/mol. The van der Waals surface area contributed by atoms with Crippen molar-refractivity contribution >= 4 is 29.4 Å². The number of anilines is 1. The van der Waals surface area contributed by atoms with Crippen LogP contribution in [0.5, 0.6) is 0 Å². The number of amides is 2. The molecule has 1 rings (SSSR count). The third-order valence-electron chi connectivity index (χ3n) is 3.64. The zero-order valence-corrected chi connectivity index (χ0v) is 15.2. The molecule has 1 aromatic rings. The normalized spacial score (nSPS) is 11.3. The number of carboxylic acid groups (broad SMARTS) is 1. The summed E-state index contributed by atoms with van der Waals surface area (Å²) in [7, 11) is 0. The van der Waals surface area contributed by atoms with Crippen LogP contribution in [-0.2, 0) is 30.4 Å². The second kappa shape index (κ2) is 10.2. The number of aliphatic carboxylic acids is 1. The molecule has 0 aliphatic heterocycles. The molecule has 26 heavy (non-hydrogen) atoms. The fourth-order valence-corrected chi connectivity index (χ4v) is 2.37. The number of hydrogen-bond donors (Lipinski definition) is 2. The first-order valence-corrected chi connectivity index (χ1v) is 8.37. The summed E-state index contributed by atoms with van der Waals surface area (Å²) >= 11 is 0. The number of rotatable bonds is 8. The number of carboxylic acids is 1. The minimum absolute atomic E-state index is 0.127. The van der Waals surface area contributed by atoms with Gasteiger partial charge >= 0.3 is 11.9 Å². The SMILES string of the molecule is CCC(Cc1ccc(NC(C)=O)cc1)C(=O)N(CC)OC(=O)CC(=O)O. The van der Waals surface area contributed by atoms with Crippen LogP contribution in [0.3, 0.4) is 0 Å². The van der Waals surface area contributed by atoms with Crippen molar-refractivity contribution in [3.63, 3.8) is 0 Å². The molecule has 0 spiro atoms. The average molecular weight is 364 g/mol. The van der Waals surface area contributed by atoms with E-state index in [0.717, 1.165) is 10.6 Å². The highest BCUT2D eigenvalue weighted by atomic mass is 16.7. The topological polar surface area (TPSA) is 113 Å². The van der Waals surface area contributed by atoms with Gasteiger partial charge in [0.15, 0.2) is 0 Å². The second-order valence-corrected chi connectivity index (χ2v) is 5.75. The molecular weight excluding hydrogens is 340 g/mol. The number of nitrogens with zero attached hydrogens (tertiary/aromatic N) is 1. The van der Waals surface area contributed by atoms with Gasteiger partial charge in [0.25, 0.3) is 5.91 Å². The van der Waals surface area contributed by atoms with Crippen molar-refractivity contribution < 1.29 is 29.1 Å². The minimum atomic E-state index is -1.31. The van der Waals surface area contributed by atoms with Crippen LogP contribution in [0.2, 0.25) is 0 Å². The lowest BCUT2D eigenvalue weighted by atomic mass is 9.96. The molecule has 0 radical (unpaired) electrons. The molecule has 8 heteroatoms. The van der Waals surface area contributed by atoms with Gasteiger partial charge in [-0.2, -0.15) is 5.06 Å². The third kappa shape index (κ3) is 6.92. The molecule has 8 nitrogen and oxygen atoms in total. The van der Waals surface area contributed by atoms with E-state index in [1.807, 2.05) is 19.1 Å². The Labute approximate surface area is 152 Å². The highest BCUT2D eigenvalue weighted by molar-refractivity contribution is 5.91. The van der Waals surface area contributed by atoms with Crippen molar-refractivity contribution in [2.75, 3.05) is 11.9 Å². The van der Waals surface area contributed by atoms with Crippen LogP contribution < -0.4 is 5.32 Å². The minimum Gasteiger partial charge on any atom is -0.481 e. The van der Waals surface area contributed by atoms with E-state index in [0.29, 0.717) is 18.5 Å². The predicted octanol–water partition coefficient (Wildman–Crippen LogP) is 2.00. The zero-order valence-electron chi connectivity index (χ0n) is 15.2. The molecule has 0 bridgehead atoms. The number of carbonyl (C=O) groups is 4. The number of carbonyl (C=O) groups excluding carboxylic acids is 3. The van der Waals surface area contributed by atoms with Crippen molar-refractivity contribution in [3.8, 4) is 0 Å². The Morgan fingerprint density at radius 2 is 1.77 bits per heavy atom. The standard InChI is InChI=1S/C18H24N2O6/c1-4-14(10-13-6-8-15(9-7-13)19-12(3)21)18(25)20(5-2)26-17(24)11-16(22)23/h6-9,14H,4-5,10-11H2,1-3H3,(H,19,21)(H,22,23). The van der Waals surface area contributed by atoms with Crippen LogP contribution in [0, 0.1) is 5.92 Å². The summed E-state index contributed by atoms with van der Waals surface area (Å²) in [5, 5.41) is 12.2. The number of hydrogen-bond acceptors (Lipinski definition) is 5. The lowest BCUT2D eigenvalue weighted by molar-refractivity contribution is -0.201. The molecule has 1 unspecified atom stereocenters. The quantitative estimate of drug-likeness (QED) is 0.539. The van der Waals surface area contributed by atoms with Gasteiger partial charge in [-0.1, -0.05) is 19.1 Å². The first-order chi connectivity index (χ1) is 12.3. The molecule has 1 aromatic carbocycles. The summed E-state index contributed by atoms with van der Waals surface area (Å²) in [6.45, 7) is 5.04. The Balaban J connectivity index is 2.75. The molecule has 142 valence electrons. The summed E-state index contributed by atoms with van der Waals surface area (Å²) in [4.78, 5) is 50.5. The number of hydroxylamine groups is 2. The van der Waals surface area contributed by atoms with Gasteiger partial charge in [0.05, 0.1) is 6.54 Å².